The van der Waals surface area contributed by atoms with Crippen LogP contribution >= 0.6 is 15.9 Å². The van der Waals surface area contributed by atoms with Gasteiger partial charge in [-0.05, 0) is 48.9 Å². The van der Waals surface area contributed by atoms with Crippen LogP contribution in [0.1, 0.15) is 28.9 Å². The van der Waals surface area contributed by atoms with Crippen molar-refractivity contribution in [3.8, 4) is 0 Å². The lowest BCUT2D eigenvalue weighted by Crippen LogP contribution is -2.26. The molecule has 0 aromatic heterocycles. The predicted octanol–water partition coefficient (Wildman–Crippen LogP) is 3.34. The second-order valence-electron chi connectivity index (χ2n) is 5.05. The van der Waals surface area contributed by atoms with E-state index in [4.69, 9.17) is 0 Å². The van der Waals surface area contributed by atoms with Crippen LogP contribution in [0.5, 0.6) is 0 Å². The maximum atomic E-state index is 12.2. The third-order valence-corrected chi connectivity index (χ3v) is 4.86. The van der Waals surface area contributed by atoms with Crippen LogP contribution in [-0.2, 0) is 9.84 Å². The highest BCUT2D eigenvalue weighted by Crippen LogP contribution is 2.18. The monoisotopic (exact) mass is 381 g/mol. The van der Waals surface area contributed by atoms with Crippen LogP contribution < -0.4 is 5.32 Å². The highest BCUT2D eigenvalue weighted by Gasteiger charge is 2.13. The SMILES string of the molecule is CC(NC(=O)c1ccc(S(C)(=O)=O)cc1)c1cccc(Br)c1. The Morgan fingerprint density at radius 1 is 1.14 bits per heavy atom. The molecule has 6 heteroatoms. The fourth-order valence-electron chi connectivity index (χ4n) is 1.99. The number of amides is 1. The topological polar surface area (TPSA) is 63.2 Å². The highest BCUT2D eigenvalue weighted by atomic mass is 79.9. The summed E-state index contributed by atoms with van der Waals surface area (Å²) in [5, 5.41) is 2.89. The van der Waals surface area contributed by atoms with Crippen LogP contribution in [-0.4, -0.2) is 20.6 Å². The summed E-state index contributed by atoms with van der Waals surface area (Å²) in [5.74, 6) is -0.243. The normalized spacial score (nSPS) is 12.7. The summed E-state index contributed by atoms with van der Waals surface area (Å²) in [7, 11) is -3.25. The number of hydrogen-bond donors (Lipinski definition) is 1. The minimum absolute atomic E-state index is 0.153. The van der Waals surface area contributed by atoms with E-state index in [1.54, 1.807) is 0 Å². The summed E-state index contributed by atoms with van der Waals surface area (Å²) in [6.07, 6.45) is 1.14. The molecule has 2 aromatic carbocycles. The molecular weight excluding hydrogens is 366 g/mol. The molecule has 1 amide bonds. The Hall–Kier alpha value is -1.66. The molecule has 1 N–H and O–H groups in total. The van der Waals surface area contributed by atoms with Crippen LogP contribution in [0.2, 0.25) is 0 Å². The van der Waals surface area contributed by atoms with Gasteiger partial charge in [-0.3, -0.25) is 4.79 Å². The van der Waals surface area contributed by atoms with Crippen molar-refractivity contribution in [3.05, 3.63) is 64.1 Å². The van der Waals surface area contributed by atoms with Gasteiger partial charge >= 0.3 is 0 Å². The molecule has 2 rings (SSSR count). The molecule has 0 spiro atoms. The first-order chi connectivity index (χ1) is 10.3. The van der Waals surface area contributed by atoms with Gasteiger partial charge in [-0.25, -0.2) is 8.42 Å². The third-order valence-electron chi connectivity index (χ3n) is 3.24. The third kappa shape index (κ3) is 4.18. The number of sulfone groups is 1. The van der Waals surface area contributed by atoms with E-state index in [2.05, 4.69) is 21.2 Å². The number of benzene rings is 2. The van der Waals surface area contributed by atoms with Crippen molar-refractivity contribution in [2.75, 3.05) is 6.26 Å². The Morgan fingerprint density at radius 2 is 1.77 bits per heavy atom. The number of rotatable bonds is 4. The zero-order valence-electron chi connectivity index (χ0n) is 12.2. The van der Waals surface area contributed by atoms with Crippen LogP contribution in [0.25, 0.3) is 0 Å². The van der Waals surface area contributed by atoms with Crippen molar-refractivity contribution in [2.45, 2.75) is 17.9 Å². The molecule has 116 valence electrons. The fraction of sp³-hybridized carbons (Fsp3) is 0.188. The largest absolute Gasteiger partial charge is 0.346 e. The fourth-order valence-corrected chi connectivity index (χ4v) is 3.04. The molecule has 0 aliphatic heterocycles. The van der Waals surface area contributed by atoms with Gasteiger partial charge < -0.3 is 5.32 Å². The predicted molar refractivity (Wildman–Crippen MR) is 89.6 cm³/mol. The van der Waals surface area contributed by atoms with Gasteiger partial charge in [-0.2, -0.15) is 0 Å². The molecule has 0 aliphatic carbocycles. The first-order valence-corrected chi connectivity index (χ1v) is 9.32. The van der Waals surface area contributed by atoms with E-state index >= 15 is 0 Å². The summed E-state index contributed by atoms with van der Waals surface area (Å²) < 4.78 is 23.8. The molecule has 1 atom stereocenters. The van der Waals surface area contributed by atoms with Crippen LogP contribution in [0, 0.1) is 0 Å². The smallest absolute Gasteiger partial charge is 0.251 e. The number of hydrogen-bond acceptors (Lipinski definition) is 3. The molecule has 0 heterocycles. The van der Waals surface area contributed by atoms with Crippen molar-refractivity contribution in [1.82, 2.24) is 5.32 Å². The van der Waals surface area contributed by atoms with Crippen molar-refractivity contribution in [3.63, 3.8) is 0 Å². The van der Waals surface area contributed by atoms with Crippen LogP contribution in [0.3, 0.4) is 0 Å². The molecule has 0 radical (unpaired) electrons. The van der Waals surface area contributed by atoms with Crippen molar-refractivity contribution >= 4 is 31.7 Å². The molecule has 22 heavy (non-hydrogen) atoms. The first kappa shape index (κ1) is 16.7. The number of carbonyl (C=O) groups is 1. The zero-order valence-corrected chi connectivity index (χ0v) is 14.6. The van der Waals surface area contributed by atoms with Crippen molar-refractivity contribution in [2.24, 2.45) is 0 Å². The van der Waals surface area contributed by atoms with E-state index in [1.165, 1.54) is 24.3 Å². The number of nitrogens with one attached hydrogen (secondary N) is 1. The minimum Gasteiger partial charge on any atom is -0.346 e. The molecule has 0 aliphatic rings. The molecule has 1 unspecified atom stereocenters. The first-order valence-electron chi connectivity index (χ1n) is 6.64. The summed E-state index contributed by atoms with van der Waals surface area (Å²) in [6.45, 7) is 1.89. The standard InChI is InChI=1S/C16H16BrNO3S/c1-11(13-4-3-5-14(17)10-13)18-16(19)12-6-8-15(9-7-12)22(2,20)21/h3-11H,1-2H3,(H,18,19). The summed E-state index contributed by atoms with van der Waals surface area (Å²) >= 11 is 3.40. The molecule has 0 saturated carbocycles. The Morgan fingerprint density at radius 3 is 2.32 bits per heavy atom. The van der Waals surface area contributed by atoms with Gasteiger partial charge in [0.05, 0.1) is 10.9 Å². The van der Waals surface area contributed by atoms with Crippen molar-refractivity contribution in [1.29, 1.82) is 0 Å². The van der Waals surface area contributed by atoms with E-state index in [9.17, 15) is 13.2 Å². The van der Waals surface area contributed by atoms with E-state index in [-0.39, 0.29) is 16.8 Å². The lowest BCUT2D eigenvalue weighted by molar-refractivity contribution is 0.0940. The average Bonchev–Trinajstić information content (AvgIpc) is 2.46. The molecular formula is C16H16BrNO3S. The minimum atomic E-state index is -3.25. The molecule has 0 saturated heterocycles. The molecule has 0 bridgehead atoms. The van der Waals surface area contributed by atoms with Gasteiger partial charge in [0.1, 0.15) is 0 Å². The maximum absolute atomic E-state index is 12.2. The van der Waals surface area contributed by atoms with Gasteiger partial charge in [0.2, 0.25) is 0 Å². The summed E-state index contributed by atoms with van der Waals surface area (Å²) in [4.78, 5) is 12.4. The molecule has 0 fully saturated rings. The Kier molecular flexibility index (Phi) is 5.03. The van der Waals surface area contributed by atoms with E-state index in [0.717, 1.165) is 16.3 Å². The summed E-state index contributed by atoms with van der Waals surface area (Å²) in [5.41, 5.74) is 1.41. The molecule has 4 nitrogen and oxygen atoms in total. The second kappa shape index (κ2) is 6.62. The number of carbonyl (C=O) groups excluding carboxylic acids is 1. The second-order valence-corrected chi connectivity index (χ2v) is 7.98. The maximum Gasteiger partial charge on any atom is 0.251 e. The van der Waals surface area contributed by atoms with Gasteiger partial charge in [-0.15, -0.1) is 0 Å². The number of halogens is 1. The Labute approximate surface area is 138 Å². The van der Waals surface area contributed by atoms with Gasteiger partial charge in [0.15, 0.2) is 9.84 Å². The lowest BCUT2D eigenvalue weighted by atomic mass is 10.1. The van der Waals surface area contributed by atoms with Gasteiger partial charge in [-0.1, -0.05) is 28.1 Å². The van der Waals surface area contributed by atoms with Crippen LogP contribution in [0.15, 0.2) is 57.9 Å². The quantitative estimate of drug-likeness (QED) is 0.882. The summed E-state index contributed by atoms with van der Waals surface area (Å²) in [6, 6.07) is 13.4. The molecule has 2 aromatic rings. The van der Waals surface area contributed by atoms with Gasteiger partial charge in [0, 0.05) is 16.3 Å². The van der Waals surface area contributed by atoms with E-state index in [1.807, 2.05) is 31.2 Å². The highest BCUT2D eigenvalue weighted by molar-refractivity contribution is 9.10. The van der Waals surface area contributed by atoms with Crippen molar-refractivity contribution < 1.29 is 13.2 Å². The van der Waals surface area contributed by atoms with E-state index in [0.29, 0.717) is 5.56 Å². The van der Waals surface area contributed by atoms with E-state index < -0.39 is 9.84 Å². The van der Waals surface area contributed by atoms with Crippen LogP contribution in [0.4, 0.5) is 0 Å². The Bertz CT molecular complexity index is 785. The Balaban J connectivity index is 2.12. The zero-order chi connectivity index (χ0) is 16.3. The average molecular weight is 382 g/mol. The van der Waals surface area contributed by atoms with Gasteiger partial charge in [0.25, 0.3) is 5.91 Å². The lowest BCUT2D eigenvalue weighted by Gasteiger charge is -2.15.